The Morgan fingerprint density at radius 2 is 1.86 bits per heavy atom. The topological polar surface area (TPSA) is 99.1 Å². The highest BCUT2D eigenvalue weighted by Gasteiger charge is 2.46. The second-order valence-corrected chi connectivity index (χ2v) is 9.72. The highest BCUT2D eigenvalue weighted by Crippen LogP contribution is 2.45. The highest BCUT2D eigenvalue weighted by atomic mass is 19.4. The molecule has 2 saturated heterocycles. The van der Waals surface area contributed by atoms with Crippen LogP contribution in [0.4, 0.5) is 28.2 Å². The first-order valence-electron chi connectivity index (χ1n) is 11.8. The molecule has 2 aromatic rings. The van der Waals surface area contributed by atoms with Crippen molar-refractivity contribution < 1.29 is 37.0 Å². The maximum atomic E-state index is 14.1. The summed E-state index contributed by atoms with van der Waals surface area (Å²) in [5, 5.41) is 9.18. The zero-order valence-corrected chi connectivity index (χ0v) is 20.3. The summed E-state index contributed by atoms with van der Waals surface area (Å²) in [6, 6.07) is 2.28. The molecule has 2 amide bonds. The first kappa shape index (κ1) is 26.4. The van der Waals surface area contributed by atoms with Gasteiger partial charge in [0.15, 0.2) is 11.6 Å². The van der Waals surface area contributed by atoms with E-state index in [1.54, 1.807) is 0 Å². The first-order chi connectivity index (χ1) is 17.4. The van der Waals surface area contributed by atoms with E-state index in [9.17, 15) is 32.3 Å². The van der Waals surface area contributed by atoms with E-state index in [0.29, 0.717) is 49.7 Å². The lowest BCUT2D eigenvalue weighted by atomic mass is 9.72. The maximum absolute atomic E-state index is 14.1. The fourth-order valence-electron chi connectivity index (χ4n) is 4.74. The number of piperidine rings is 1. The van der Waals surface area contributed by atoms with Gasteiger partial charge in [0.25, 0.3) is 5.91 Å². The van der Waals surface area contributed by atoms with Gasteiger partial charge in [-0.25, -0.2) is 19.2 Å². The number of hydrogen-bond donors (Lipinski definition) is 1. The van der Waals surface area contributed by atoms with Crippen LogP contribution in [0.1, 0.15) is 37.0 Å². The van der Waals surface area contributed by atoms with Crippen molar-refractivity contribution in [1.29, 1.82) is 0 Å². The van der Waals surface area contributed by atoms with Gasteiger partial charge in [-0.1, -0.05) is 0 Å². The zero-order chi connectivity index (χ0) is 27.0. The van der Waals surface area contributed by atoms with Crippen LogP contribution in [0.25, 0.3) is 0 Å². The molecule has 0 bridgehead atoms. The minimum Gasteiger partial charge on any atom is -0.465 e. The van der Waals surface area contributed by atoms with Gasteiger partial charge in [-0.15, -0.1) is 0 Å². The van der Waals surface area contributed by atoms with Gasteiger partial charge in [-0.3, -0.25) is 4.79 Å². The lowest BCUT2D eigenvalue weighted by molar-refractivity contribution is -0.143. The van der Waals surface area contributed by atoms with Crippen molar-refractivity contribution in [1.82, 2.24) is 19.8 Å². The normalized spacial score (nSPS) is 17.1. The van der Waals surface area contributed by atoms with Crippen molar-refractivity contribution in [3.8, 4) is 11.5 Å². The highest BCUT2D eigenvalue weighted by molar-refractivity contribution is 5.97. The van der Waals surface area contributed by atoms with Crippen LogP contribution in [0.3, 0.4) is 0 Å². The number of carbonyl (C=O) groups excluding carboxylic acids is 1. The van der Waals surface area contributed by atoms with Crippen LogP contribution in [-0.4, -0.2) is 81.8 Å². The van der Waals surface area contributed by atoms with Crippen molar-refractivity contribution in [2.75, 3.05) is 37.6 Å². The van der Waals surface area contributed by atoms with Crippen LogP contribution in [-0.2, 0) is 0 Å². The molecule has 1 N–H and O–H groups in total. The number of aromatic nitrogens is 2. The number of benzene rings is 1. The van der Waals surface area contributed by atoms with Gasteiger partial charge in [0.05, 0.1) is 11.8 Å². The molecule has 1 aromatic carbocycles. The summed E-state index contributed by atoms with van der Waals surface area (Å²) in [4.78, 5) is 36.5. The van der Waals surface area contributed by atoms with E-state index in [-0.39, 0.29) is 22.5 Å². The molecule has 1 spiro atoms. The molecule has 37 heavy (non-hydrogen) atoms. The van der Waals surface area contributed by atoms with E-state index < -0.39 is 36.6 Å². The Morgan fingerprint density at radius 3 is 2.46 bits per heavy atom. The number of carbonyl (C=O) groups is 2. The molecule has 2 aliphatic rings. The van der Waals surface area contributed by atoms with Gasteiger partial charge in [0.1, 0.15) is 24.4 Å². The van der Waals surface area contributed by atoms with Gasteiger partial charge in [-0.05, 0) is 44.9 Å². The molecule has 4 rings (SSSR count). The number of likely N-dealkylation sites (tertiary alicyclic amines) is 1. The summed E-state index contributed by atoms with van der Waals surface area (Å²) in [6.45, 7) is 3.49. The van der Waals surface area contributed by atoms with E-state index in [1.165, 1.54) is 37.3 Å². The largest absolute Gasteiger partial charge is 0.465 e. The van der Waals surface area contributed by atoms with E-state index >= 15 is 0 Å². The summed E-state index contributed by atoms with van der Waals surface area (Å²) in [5.74, 6) is -1.37. The van der Waals surface area contributed by atoms with Crippen LogP contribution in [0, 0.1) is 11.2 Å². The Balaban J connectivity index is 1.55. The third-order valence-electron chi connectivity index (χ3n) is 6.73. The number of ether oxygens (including phenoxy) is 1. The molecular formula is C24H27F4N5O4. The minimum absolute atomic E-state index is 0.0550. The SMILES string of the molecule is CC(C)N(CC(F)(F)F)C(=O)c1cc(F)ccc1Oc1cncnc1N1CC2(CCN(C(=O)O)CC2)C1. The molecule has 2 aliphatic heterocycles. The molecular weight excluding hydrogens is 498 g/mol. The monoisotopic (exact) mass is 525 g/mol. The number of alkyl halides is 3. The first-order valence-corrected chi connectivity index (χ1v) is 11.8. The minimum atomic E-state index is -4.64. The fourth-order valence-corrected chi connectivity index (χ4v) is 4.74. The van der Waals surface area contributed by atoms with Crippen LogP contribution in [0.5, 0.6) is 11.5 Å². The van der Waals surface area contributed by atoms with Crippen LogP contribution in [0.2, 0.25) is 0 Å². The number of hydrogen-bond acceptors (Lipinski definition) is 6. The number of anilines is 1. The molecule has 3 heterocycles. The van der Waals surface area contributed by atoms with E-state index in [2.05, 4.69) is 9.97 Å². The van der Waals surface area contributed by atoms with Crippen LogP contribution < -0.4 is 9.64 Å². The van der Waals surface area contributed by atoms with Crippen molar-refractivity contribution >= 4 is 17.8 Å². The molecule has 2 fully saturated rings. The van der Waals surface area contributed by atoms with Gasteiger partial charge in [0, 0.05) is 37.6 Å². The van der Waals surface area contributed by atoms with Gasteiger partial charge >= 0.3 is 12.3 Å². The summed E-state index contributed by atoms with van der Waals surface area (Å²) in [6.07, 6.45) is -1.47. The summed E-state index contributed by atoms with van der Waals surface area (Å²) in [7, 11) is 0. The fraction of sp³-hybridized carbons (Fsp3) is 0.500. The lowest BCUT2D eigenvalue weighted by Crippen LogP contribution is -2.61. The Hall–Kier alpha value is -3.64. The number of carboxylic acid groups (broad SMARTS) is 1. The van der Waals surface area contributed by atoms with E-state index in [1.807, 2.05) is 4.90 Å². The van der Waals surface area contributed by atoms with Crippen molar-refractivity contribution in [2.45, 2.75) is 38.9 Å². The molecule has 13 heteroatoms. The lowest BCUT2D eigenvalue weighted by Gasteiger charge is -2.54. The summed E-state index contributed by atoms with van der Waals surface area (Å²) < 4.78 is 59.3. The molecule has 200 valence electrons. The molecule has 0 aliphatic carbocycles. The number of rotatable bonds is 6. The van der Waals surface area contributed by atoms with Gasteiger partial charge in [0.2, 0.25) is 0 Å². The molecule has 9 nitrogen and oxygen atoms in total. The van der Waals surface area contributed by atoms with Crippen molar-refractivity contribution in [3.05, 3.63) is 42.1 Å². The Bertz CT molecular complexity index is 1160. The van der Waals surface area contributed by atoms with Crippen molar-refractivity contribution in [3.63, 3.8) is 0 Å². The Labute approximate surface area is 210 Å². The standard InChI is InChI=1S/C24H27F4N5O4/c1-15(2)33(13-24(26,27)28)21(34)17-9-16(25)3-4-18(17)37-19-10-29-14-30-20(19)32-11-23(12-32)5-7-31(8-6-23)22(35)36/h3-4,9-10,14-15H,5-8,11-13H2,1-2H3,(H,35,36). The predicted molar refractivity (Wildman–Crippen MR) is 124 cm³/mol. The average molecular weight is 526 g/mol. The van der Waals surface area contributed by atoms with Crippen molar-refractivity contribution in [2.24, 2.45) is 5.41 Å². The number of halogens is 4. The molecule has 0 saturated carbocycles. The third-order valence-corrected chi connectivity index (χ3v) is 6.73. The quantitative estimate of drug-likeness (QED) is 0.558. The van der Waals surface area contributed by atoms with Gasteiger partial charge < -0.3 is 24.5 Å². The number of nitrogens with zero attached hydrogens (tertiary/aromatic N) is 5. The van der Waals surface area contributed by atoms with E-state index in [0.717, 1.165) is 12.1 Å². The Kier molecular flexibility index (Phi) is 7.16. The van der Waals surface area contributed by atoms with Gasteiger partial charge in [-0.2, -0.15) is 13.2 Å². The summed E-state index contributed by atoms with van der Waals surface area (Å²) >= 11 is 0. The molecule has 1 aromatic heterocycles. The zero-order valence-electron chi connectivity index (χ0n) is 20.3. The Morgan fingerprint density at radius 1 is 1.19 bits per heavy atom. The number of amides is 2. The second kappa shape index (κ2) is 10.0. The maximum Gasteiger partial charge on any atom is 0.407 e. The predicted octanol–water partition coefficient (Wildman–Crippen LogP) is 4.40. The average Bonchev–Trinajstić information content (AvgIpc) is 2.81. The molecule has 0 unspecified atom stereocenters. The van der Waals surface area contributed by atoms with Crippen LogP contribution in [0.15, 0.2) is 30.7 Å². The molecule has 0 atom stereocenters. The second-order valence-electron chi connectivity index (χ2n) is 9.72. The molecule has 0 radical (unpaired) electrons. The smallest absolute Gasteiger partial charge is 0.407 e. The van der Waals surface area contributed by atoms with Crippen LogP contribution >= 0.6 is 0 Å². The third kappa shape index (κ3) is 5.86. The van der Waals surface area contributed by atoms with E-state index in [4.69, 9.17) is 4.74 Å². The summed E-state index contributed by atoms with van der Waals surface area (Å²) in [5.41, 5.74) is -0.408.